The zero-order chi connectivity index (χ0) is 12.3. The predicted molar refractivity (Wildman–Crippen MR) is 68.4 cm³/mol. The average molecular weight is 232 g/mol. The molecule has 1 saturated heterocycles. The lowest BCUT2D eigenvalue weighted by molar-refractivity contribution is -0.123. The van der Waals surface area contributed by atoms with Gasteiger partial charge in [-0.3, -0.25) is 9.69 Å². The van der Waals surface area contributed by atoms with E-state index in [4.69, 9.17) is 5.73 Å². The molecule has 0 spiro atoms. The van der Waals surface area contributed by atoms with E-state index in [9.17, 15) is 4.79 Å². The molecule has 3 nitrogen and oxygen atoms in total. The molecule has 2 N–H and O–H groups in total. The number of hydrogen-bond acceptors (Lipinski definition) is 2. The Morgan fingerprint density at radius 3 is 2.76 bits per heavy atom. The Morgan fingerprint density at radius 2 is 2.18 bits per heavy atom. The van der Waals surface area contributed by atoms with Crippen LogP contribution in [0.5, 0.6) is 0 Å². The summed E-state index contributed by atoms with van der Waals surface area (Å²) >= 11 is 0. The molecule has 1 aromatic carbocycles. The van der Waals surface area contributed by atoms with Crippen molar-refractivity contribution >= 4 is 5.91 Å². The molecule has 3 heteroatoms. The molecule has 1 aliphatic heterocycles. The molecule has 0 radical (unpaired) electrons. The predicted octanol–water partition coefficient (Wildman–Crippen LogP) is 2.09. The standard InChI is InChI=1S/C14H20N2O/c1-2-12(11-7-4-3-5-8-11)16-10-6-9-13(16)14(15)17/h3-5,7-8,12-13H,2,6,9-10H2,1H3,(H2,15,17)/t12-,13?/m1/s1. The molecule has 1 heterocycles. The lowest BCUT2D eigenvalue weighted by Gasteiger charge is -2.31. The van der Waals surface area contributed by atoms with Crippen molar-refractivity contribution in [3.8, 4) is 0 Å². The number of carbonyl (C=O) groups excluding carboxylic acids is 1. The summed E-state index contributed by atoms with van der Waals surface area (Å²) in [6, 6.07) is 10.6. The second kappa shape index (κ2) is 5.32. The number of benzene rings is 1. The Bertz CT molecular complexity index is 377. The third kappa shape index (κ3) is 2.50. The van der Waals surface area contributed by atoms with Gasteiger partial charge in [0.2, 0.25) is 5.91 Å². The van der Waals surface area contributed by atoms with Crippen molar-refractivity contribution in [1.29, 1.82) is 0 Å². The molecule has 0 bridgehead atoms. The summed E-state index contributed by atoms with van der Waals surface area (Å²) in [5.74, 6) is -0.183. The highest BCUT2D eigenvalue weighted by Gasteiger charge is 2.33. The van der Waals surface area contributed by atoms with Crippen molar-refractivity contribution in [3.05, 3.63) is 35.9 Å². The minimum Gasteiger partial charge on any atom is -0.368 e. The van der Waals surface area contributed by atoms with Gasteiger partial charge in [-0.05, 0) is 31.4 Å². The van der Waals surface area contributed by atoms with Crippen molar-refractivity contribution in [3.63, 3.8) is 0 Å². The van der Waals surface area contributed by atoms with Gasteiger partial charge in [0.15, 0.2) is 0 Å². The van der Waals surface area contributed by atoms with E-state index in [0.29, 0.717) is 6.04 Å². The second-order valence-electron chi connectivity index (χ2n) is 4.63. The van der Waals surface area contributed by atoms with Gasteiger partial charge in [-0.1, -0.05) is 37.3 Å². The average Bonchev–Trinajstić information content (AvgIpc) is 2.81. The van der Waals surface area contributed by atoms with E-state index >= 15 is 0 Å². The van der Waals surface area contributed by atoms with E-state index in [1.165, 1.54) is 5.56 Å². The number of nitrogens with zero attached hydrogens (tertiary/aromatic N) is 1. The summed E-state index contributed by atoms with van der Waals surface area (Å²) in [7, 11) is 0. The van der Waals surface area contributed by atoms with Gasteiger partial charge in [-0.15, -0.1) is 0 Å². The number of amides is 1. The fourth-order valence-corrected chi connectivity index (χ4v) is 2.80. The van der Waals surface area contributed by atoms with E-state index < -0.39 is 0 Å². The molecule has 2 rings (SSSR count). The zero-order valence-electron chi connectivity index (χ0n) is 10.3. The van der Waals surface area contributed by atoms with Gasteiger partial charge < -0.3 is 5.73 Å². The van der Waals surface area contributed by atoms with Gasteiger partial charge in [-0.25, -0.2) is 0 Å². The van der Waals surface area contributed by atoms with Crippen LogP contribution in [0, 0.1) is 0 Å². The number of nitrogens with two attached hydrogens (primary N) is 1. The summed E-state index contributed by atoms with van der Waals surface area (Å²) in [5, 5.41) is 0. The van der Waals surface area contributed by atoms with Crippen LogP contribution in [-0.4, -0.2) is 23.4 Å². The SMILES string of the molecule is CC[C@H](c1ccccc1)N1CCCC1C(N)=O. The molecule has 1 aromatic rings. The Morgan fingerprint density at radius 1 is 1.47 bits per heavy atom. The van der Waals surface area contributed by atoms with Crippen LogP contribution < -0.4 is 5.73 Å². The number of primary amides is 1. The summed E-state index contributed by atoms with van der Waals surface area (Å²) in [5.41, 5.74) is 6.76. The van der Waals surface area contributed by atoms with Gasteiger partial charge in [0.1, 0.15) is 0 Å². The number of rotatable bonds is 4. The third-order valence-electron chi connectivity index (χ3n) is 3.59. The monoisotopic (exact) mass is 232 g/mol. The van der Waals surface area contributed by atoms with Crippen molar-refractivity contribution in [1.82, 2.24) is 4.90 Å². The van der Waals surface area contributed by atoms with Crippen LogP contribution in [0.4, 0.5) is 0 Å². The molecular formula is C14H20N2O. The van der Waals surface area contributed by atoms with E-state index in [0.717, 1.165) is 25.8 Å². The first-order valence-electron chi connectivity index (χ1n) is 6.34. The fraction of sp³-hybridized carbons (Fsp3) is 0.500. The highest BCUT2D eigenvalue weighted by Crippen LogP contribution is 2.31. The first-order chi connectivity index (χ1) is 8.24. The topological polar surface area (TPSA) is 46.3 Å². The first-order valence-corrected chi connectivity index (χ1v) is 6.34. The summed E-state index contributed by atoms with van der Waals surface area (Å²) < 4.78 is 0. The molecule has 2 atom stereocenters. The lowest BCUT2D eigenvalue weighted by atomic mass is 10.0. The summed E-state index contributed by atoms with van der Waals surface area (Å²) in [6.07, 6.45) is 2.98. The summed E-state index contributed by atoms with van der Waals surface area (Å²) in [6.45, 7) is 3.13. The fourth-order valence-electron chi connectivity index (χ4n) is 2.80. The van der Waals surface area contributed by atoms with Crippen LogP contribution >= 0.6 is 0 Å². The highest BCUT2D eigenvalue weighted by atomic mass is 16.1. The number of likely N-dealkylation sites (tertiary alicyclic amines) is 1. The van der Waals surface area contributed by atoms with E-state index in [1.807, 2.05) is 18.2 Å². The van der Waals surface area contributed by atoms with Crippen LogP contribution in [0.2, 0.25) is 0 Å². The minimum absolute atomic E-state index is 0.0832. The molecule has 0 aromatic heterocycles. The van der Waals surface area contributed by atoms with Crippen LogP contribution in [0.25, 0.3) is 0 Å². The van der Waals surface area contributed by atoms with Crippen molar-refractivity contribution < 1.29 is 4.79 Å². The Kier molecular flexibility index (Phi) is 3.79. The molecule has 17 heavy (non-hydrogen) atoms. The van der Waals surface area contributed by atoms with E-state index in [-0.39, 0.29) is 11.9 Å². The minimum atomic E-state index is -0.183. The van der Waals surface area contributed by atoms with Gasteiger partial charge >= 0.3 is 0 Å². The molecule has 1 aliphatic rings. The molecule has 1 unspecified atom stereocenters. The maximum absolute atomic E-state index is 11.4. The van der Waals surface area contributed by atoms with Gasteiger partial charge in [0.05, 0.1) is 6.04 Å². The second-order valence-corrected chi connectivity index (χ2v) is 4.63. The van der Waals surface area contributed by atoms with E-state index in [2.05, 4.69) is 24.0 Å². The smallest absolute Gasteiger partial charge is 0.234 e. The van der Waals surface area contributed by atoms with Crippen LogP contribution in [-0.2, 0) is 4.79 Å². The summed E-state index contributed by atoms with van der Waals surface area (Å²) in [4.78, 5) is 13.7. The zero-order valence-corrected chi connectivity index (χ0v) is 10.3. The quantitative estimate of drug-likeness (QED) is 0.864. The molecule has 92 valence electrons. The van der Waals surface area contributed by atoms with Gasteiger partial charge in [0.25, 0.3) is 0 Å². The molecule has 1 fully saturated rings. The molecule has 1 amide bonds. The Labute approximate surface area is 103 Å². The third-order valence-corrected chi connectivity index (χ3v) is 3.59. The number of hydrogen-bond donors (Lipinski definition) is 1. The van der Waals surface area contributed by atoms with Gasteiger partial charge in [0, 0.05) is 6.04 Å². The normalized spacial score (nSPS) is 22.5. The first kappa shape index (κ1) is 12.1. The lowest BCUT2D eigenvalue weighted by Crippen LogP contribution is -2.42. The van der Waals surface area contributed by atoms with Crippen molar-refractivity contribution in [2.75, 3.05) is 6.54 Å². The maximum Gasteiger partial charge on any atom is 0.234 e. The van der Waals surface area contributed by atoms with Crippen LogP contribution in [0.15, 0.2) is 30.3 Å². The van der Waals surface area contributed by atoms with Crippen LogP contribution in [0.1, 0.15) is 37.8 Å². The maximum atomic E-state index is 11.4. The Balaban J connectivity index is 2.21. The van der Waals surface area contributed by atoms with Crippen molar-refractivity contribution in [2.24, 2.45) is 5.73 Å². The van der Waals surface area contributed by atoms with Gasteiger partial charge in [-0.2, -0.15) is 0 Å². The van der Waals surface area contributed by atoms with E-state index in [1.54, 1.807) is 0 Å². The number of carbonyl (C=O) groups is 1. The van der Waals surface area contributed by atoms with Crippen molar-refractivity contribution in [2.45, 2.75) is 38.3 Å². The van der Waals surface area contributed by atoms with Crippen LogP contribution in [0.3, 0.4) is 0 Å². The Hall–Kier alpha value is -1.35. The largest absolute Gasteiger partial charge is 0.368 e. The highest BCUT2D eigenvalue weighted by molar-refractivity contribution is 5.80. The molecular weight excluding hydrogens is 212 g/mol. The molecule has 0 aliphatic carbocycles. The molecule has 0 saturated carbocycles.